The maximum Gasteiger partial charge on any atom is 0.338 e. The Morgan fingerprint density at radius 1 is 1.04 bits per heavy atom. The molecule has 0 aliphatic heterocycles. The highest BCUT2D eigenvalue weighted by atomic mass is 16.5. The number of benzene rings is 2. The van der Waals surface area contributed by atoms with Gasteiger partial charge in [0.1, 0.15) is 11.5 Å². The lowest BCUT2D eigenvalue weighted by molar-refractivity contribution is -0.121. The average molecular weight is 376 g/mol. The molecule has 0 spiro atoms. The summed E-state index contributed by atoms with van der Waals surface area (Å²) in [6.45, 7) is 0. The van der Waals surface area contributed by atoms with Gasteiger partial charge in [0.2, 0.25) is 5.91 Å². The Hall–Kier alpha value is -3.67. The van der Waals surface area contributed by atoms with Crippen LogP contribution in [0.4, 0.5) is 0 Å². The van der Waals surface area contributed by atoms with Gasteiger partial charge in [-0.2, -0.15) is 5.10 Å². The Bertz CT molecular complexity index is 977. The van der Waals surface area contributed by atoms with E-state index >= 15 is 0 Å². The predicted molar refractivity (Wildman–Crippen MR) is 106 cm³/mol. The highest BCUT2D eigenvalue weighted by Gasteiger charge is 2.15. The third-order valence-electron chi connectivity index (χ3n) is 4.09. The minimum absolute atomic E-state index is 0.178. The number of ether oxygens (including phenoxy) is 1. The molecule has 0 aliphatic carbocycles. The fraction of sp³-hybridized carbons (Fsp3) is 0.136. The normalized spacial score (nSPS) is 10.8. The maximum absolute atomic E-state index is 11.9. The van der Waals surface area contributed by atoms with Crippen LogP contribution in [0, 0.1) is 0 Å². The number of rotatable bonds is 7. The molecule has 1 aromatic heterocycles. The lowest BCUT2D eigenvalue weighted by Gasteiger charge is -2.04. The van der Waals surface area contributed by atoms with Crippen molar-refractivity contribution in [3.8, 4) is 11.3 Å². The van der Waals surface area contributed by atoms with Crippen molar-refractivity contribution < 1.29 is 18.7 Å². The third kappa shape index (κ3) is 4.94. The number of hydrogen-bond acceptors (Lipinski definition) is 5. The molecule has 28 heavy (non-hydrogen) atoms. The highest BCUT2D eigenvalue weighted by molar-refractivity contribution is 5.96. The summed E-state index contributed by atoms with van der Waals surface area (Å²) in [6.07, 6.45) is 2.42. The van der Waals surface area contributed by atoms with E-state index in [1.54, 1.807) is 30.3 Å². The van der Waals surface area contributed by atoms with Crippen molar-refractivity contribution in [2.75, 3.05) is 7.11 Å². The molecular formula is C22H20N2O4. The fourth-order valence-electron chi connectivity index (χ4n) is 2.68. The van der Waals surface area contributed by atoms with Crippen LogP contribution in [0.2, 0.25) is 0 Å². The Labute approximate surface area is 162 Å². The first-order valence-corrected chi connectivity index (χ1v) is 8.81. The van der Waals surface area contributed by atoms with Gasteiger partial charge in [0.15, 0.2) is 0 Å². The van der Waals surface area contributed by atoms with Crippen LogP contribution in [0.15, 0.2) is 76.2 Å². The van der Waals surface area contributed by atoms with E-state index in [-0.39, 0.29) is 5.91 Å². The first-order chi connectivity index (χ1) is 13.7. The molecule has 0 aliphatic rings. The van der Waals surface area contributed by atoms with Gasteiger partial charge in [0.25, 0.3) is 0 Å². The molecule has 0 radical (unpaired) electrons. The predicted octanol–water partition coefficient (Wildman–Crippen LogP) is 3.82. The molecule has 3 aromatic rings. The summed E-state index contributed by atoms with van der Waals surface area (Å²) in [4.78, 5) is 23.8. The van der Waals surface area contributed by atoms with Gasteiger partial charge in [-0.15, -0.1) is 0 Å². The standard InChI is InChI=1S/C22H20N2O4/c1-27-22(26)19-10-6-5-9-18(19)20-13-12-17(28-20)15-23-24-21(25)14-11-16-7-3-2-4-8-16/h2-10,12-13,15H,11,14H2,1H3,(H,24,25)/b23-15+. The molecule has 0 saturated heterocycles. The summed E-state index contributed by atoms with van der Waals surface area (Å²) in [5.74, 6) is 0.353. The number of aryl methyl sites for hydroxylation is 1. The van der Waals surface area contributed by atoms with Crippen molar-refractivity contribution in [2.45, 2.75) is 12.8 Å². The molecule has 6 heteroatoms. The quantitative estimate of drug-likeness (QED) is 0.386. The van der Waals surface area contributed by atoms with Gasteiger partial charge in [-0.25, -0.2) is 10.2 Å². The number of hydrogen-bond donors (Lipinski definition) is 1. The summed E-state index contributed by atoms with van der Waals surface area (Å²) >= 11 is 0. The van der Waals surface area contributed by atoms with E-state index in [1.165, 1.54) is 13.3 Å². The molecule has 3 rings (SSSR count). The van der Waals surface area contributed by atoms with E-state index < -0.39 is 5.97 Å². The molecule has 1 amide bonds. The first-order valence-electron chi connectivity index (χ1n) is 8.81. The van der Waals surface area contributed by atoms with Crippen LogP contribution < -0.4 is 5.43 Å². The number of nitrogens with zero attached hydrogens (tertiary/aromatic N) is 1. The first kappa shape index (κ1) is 19.1. The van der Waals surface area contributed by atoms with Gasteiger partial charge in [0, 0.05) is 12.0 Å². The zero-order valence-electron chi connectivity index (χ0n) is 15.4. The van der Waals surface area contributed by atoms with Gasteiger partial charge in [-0.3, -0.25) is 4.79 Å². The molecule has 1 heterocycles. The Morgan fingerprint density at radius 3 is 2.57 bits per heavy atom. The number of carbonyl (C=O) groups is 2. The van der Waals surface area contributed by atoms with Crippen LogP contribution in [-0.4, -0.2) is 25.2 Å². The van der Waals surface area contributed by atoms with E-state index in [9.17, 15) is 9.59 Å². The number of esters is 1. The lowest BCUT2D eigenvalue weighted by atomic mass is 10.1. The molecule has 0 unspecified atom stereocenters. The van der Waals surface area contributed by atoms with Crippen LogP contribution in [0.5, 0.6) is 0 Å². The fourth-order valence-corrected chi connectivity index (χ4v) is 2.68. The van der Waals surface area contributed by atoms with Crippen LogP contribution in [0.3, 0.4) is 0 Å². The number of methoxy groups -OCH3 is 1. The molecule has 1 N–H and O–H groups in total. The number of hydrazone groups is 1. The zero-order chi connectivity index (χ0) is 19.8. The Kier molecular flexibility index (Phi) is 6.36. The lowest BCUT2D eigenvalue weighted by Crippen LogP contribution is -2.17. The largest absolute Gasteiger partial charge is 0.465 e. The second kappa shape index (κ2) is 9.32. The van der Waals surface area contributed by atoms with Crippen LogP contribution >= 0.6 is 0 Å². The van der Waals surface area contributed by atoms with Gasteiger partial charge < -0.3 is 9.15 Å². The molecule has 2 aromatic carbocycles. The second-order valence-corrected chi connectivity index (χ2v) is 6.02. The number of amides is 1. The van der Waals surface area contributed by atoms with E-state index in [0.29, 0.717) is 35.5 Å². The second-order valence-electron chi connectivity index (χ2n) is 6.02. The van der Waals surface area contributed by atoms with E-state index in [0.717, 1.165) is 5.56 Å². The number of furan rings is 1. The van der Waals surface area contributed by atoms with Crippen molar-refractivity contribution in [3.63, 3.8) is 0 Å². The molecule has 0 atom stereocenters. The third-order valence-corrected chi connectivity index (χ3v) is 4.09. The molecule has 6 nitrogen and oxygen atoms in total. The summed E-state index contributed by atoms with van der Waals surface area (Å²) < 4.78 is 10.5. The Morgan fingerprint density at radius 2 is 1.79 bits per heavy atom. The van der Waals surface area contributed by atoms with Crippen molar-refractivity contribution in [3.05, 3.63) is 83.6 Å². The van der Waals surface area contributed by atoms with Crippen molar-refractivity contribution in [1.29, 1.82) is 0 Å². The highest BCUT2D eigenvalue weighted by Crippen LogP contribution is 2.25. The molecule has 142 valence electrons. The van der Waals surface area contributed by atoms with E-state index in [1.807, 2.05) is 36.4 Å². The zero-order valence-corrected chi connectivity index (χ0v) is 15.4. The van der Waals surface area contributed by atoms with Gasteiger partial charge >= 0.3 is 5.97 Å². The van der Waals surface area contributed by atoms with E-state index in [2.05, 4.69) is 10.5 Å². The SMILES string of the molecule is COC(=O)c1ccccc1-c1ccc(/C=N/NC(=O)CCc2ccccc2)o1. The summed E-state index contributed by atoms with van der Waals surface area (Å²) in [5, 5.41) is 3.92. The van der Waals surface area contributed by atoms with Gasteiger partial charge in [0.05, 0.1) is 18.9 Å². The average Bonchev–Trinajstić information content (AvgIpc) is 3.21. The molecule has 0 fully saturated rings. The van der Waals surface area contributed by atoms with Crippen molar-refractivity contribution in [2.24, 2.45) is 5.10 Å². The molecule has 0 bridgehead atoms. The monoisotopic (exact) mass is 376 g/mol. The van der Waals surface area contributed by atoms with Crippen LogP contribution in [0.1, 0.15) is 28.1 Å². The van der Waals surface area contributed by atoms with Crippen molar-refractivity contribution >= 4 is 18.1 Å². The Balaban J connectivity index is 1.59. The number of nitrogens with one attached hydrogen (secondary N) is 1. The minimum atomic E-state index is -0.437. The summed E-state index contributed by atoms with van der Waals surface area (Å²) in [6, 6.07) is 20.2. The minimum Gasteiger partial charge on any atom is -0.465 e. The van der Waals surface area contributed by atoms with E-state index in [4.69, 9.17) is 9.15 Å². The maximum atomic E-state index is 11.9. The van der Waals surface area contributed by atoms with Gasteiger partial charge in [-0.1, -0.05) is 48.5 Å². The van der Waals surface area contributed by atoms with Crippen LogP contribution in [-0.2, 0) is 16.0 Å². The molecule has 0 saturated carbocycles. The topological polar surface area (TPSA) is 80.9 Å². The van der Waals surface area contributed by atoms with Gasteiger partial charge in [-0.05, 0) is 30.2 Å². The van der Waals surface area contributed by atoms with Crippen LogP contribution in [0.25, 0.3) is 11.3 Å². The smallest absolute Gasteiger partial charge is 0.338 e. The summed E-state index contributed by atoms with van der Waals surface area (Å²) in [7, 11) is 1.33. The molecular weight excluding hydrogens is 356 g/mol. The van der Waals surface area contributed by atoms with Crippen molar-refractivity contribution in [1.82, 2.24) is 5.43 Å². The number of carbonyl (C=O) groups excluding carboxylic acids is 2. The summed E-state index contributed by atoms with van der Waals surface area (Å²) in [5.41, 5.74) is 4.62.